The summed E-state index contributed by atoms with van der Waals surface area (Å²) in [4.78, 5) is 0. The predicted octanol–water partition coefficient (Wildman–Crippen LogP) is 9.33. The van der Waals surface area contributed by atoms with Crippen molar-refractivity contribution in [2.24, 2.45) is 16.9 Å². The average Bonchev–Trinajstić information content (AvgIpc) is 3.23. The molecule has 37 heavy (non-hydrogen) atoms. The van der Waals surface area contributed by atoms with Crippen LogP contribution in [0.1, 0.15) is 89.6 Å². The normalized spacial score (nSPS) is 23.2. The van der Waals surface area contributed by atoms with Gasteiger partial charge in [-0.15, -0.1) is 0 Å². The van der Waals surface area contributed by atoms with Gasteiger partial charge in [-0.3, -0.25) is 5.01 Å². The number of allylic oxidation sites excluding steroid dienone is 1. The molecule has 1 saturated carbocycles. The Bertz CT molecular complexity index is 1280. The third-order valence-corrected chi connectivity index (χ3v) is 8.02. The van der Waals surface area contributed by atoms with Crippen molar-refractivity contribution in [3.8, 4) is 0 Å². The van der Waals surface area contributed by atoms with E-state index in [4.69, 9.17) is 5.10 Å². The van der Waals surface area contributed by atoms with E-state index in [2.05, 4.69) is 138 Å². The molecule has 0 amide bonds. The molecule has 3 unspecified atom stereocenters. The van der Waals surface area contributed by atoms with Crippen LogP contribution in [0.25, 0.3) is 6.08 Å². The smallest absolute Gasteiger partial charge is 0.0860 e. The second-order valence-corrected chi connectivity index (χ2v) is 13.2. The summed E-state index contributed by atoms with van der Waals surface area (Å²) in [5, 5.41) is 7.65. The van der Waals surface area contributed by atoms with Gasteiger partial charge >= 0.3 is 0 Å². The number of hydrogen-bond donors (Lipinski definition) is 0. The van der Waals surface area contributed by atoms with Gasteiger partial charge in [0.1, 0.15) is 0 Å². The molecule has 3 aromatic carbocycles. The van der Waals surface area contributed by atoms with E-state index in [1.165, 1.54) is 33.5 Å². The fraction of sp³-hybridized carbons (Fsp3) is 0.400. The first kappa shape index (κ1) is 25.5. The van der Waals surface area contributed by atoms with Crippen molar-refractivity contribution < 1.29 is 0 Å². The van der Waals surface area contributed by atoms with Crippen molar-refractivity contribution >= 4 is 17.5 Å². The molecule has 0 saturated heterocycles. The molecule has 0 radical (unpaired) electrons. The second-order valence-electron chi connectivity index (χ2n) is 13.2. The number of nitrogens with zero attached hydrogens (tertiary/aromatic N) is 2. The fourth-order valence-electron chi connectivity index (χ4n) is 5.88. The third kappa shape index (κ3) is 5.30. The first-order valence-electron chi connectivity index (χ1n) is 13.9. The molecule has 0 bridgehead atoms. The Morgan fingerprint density at radius 1 is 0.757 bits per heavy atom. The van der Waals surface area contributed by atoms with Crippen molar-refractivity contribution in [2.45, 2.75) is 78.2 Å². The molecular formula is C35H42N2. The summed E-state index contributed by atoms with van der Waals surface area (Å²) in [6.45, 7) is 16.1. The van der Waals surface area contributed by atoms with Crippen LogP contribution in [0.2, 0.25) is 0 Å². The van der Waals surface area contributed by atoms with Crippen LogP contribution in [0.15, 0.2) is 89.5 Å². The fourth-order valence-corrected chi connectivity index (χ4v) is 5.88. The highest BCUT2D eigenvalue weighted by Gasteiger charge is 2.43. The zero-order valence-electron chi connectivity index (χ0n) is 23.6. The lowest BCUT2D eigenvalue weighted by molar-refractivity contribution is 0.403. The Morgan fingerprint density at radius 2 is 1.32 bits per heavy atom. The summed E-state index contributed by atoms with van der Waals surface area (Å²) in [6.07, 6.45) is 4.63. The minimum absolute atomic E-state index is 0.146. The van der Waals surface area contributed by atoms with Crippen molar-refractivity contribution in [2.75, 3.05) is 5.01 Å². The van der Waals surface area contributed by atoms with Crippen LogP contribution in [0.3, 0.4) is 0 Å². The van der Waals surface area contributed by atoms with Gasteiger partial charge in [0.2, 0.25) is 0 Å². The molecule has 1 heterocycles. The van der Waals surface area contributed by atoms with Crippen LogP contribution in [0.5, 0.6) is 0 Å². The van der Waals surface area contributed by atoms with Crippen molar-refractivity contribution in [3.63, 3.8) is 0 Å². The van der Waals surface area contributed by atoms with Crippen LogP contribution in [-0.4, -0.2) is 5.71 Å². The molecule has 5 rings (SSSR count). The lowest BCUT2D eigenvalue weighted by atomic mass is 9.73. The van der Waals surface area contributed by atoms with Crippen molar-refractivity contribution in [1.82, 2.24) is 0 Å². The van der Waals surface area contributed by atoms with Gasteiger partial charge in [-0.05, 0) is 75.6 Å². The van der Waals surface area contributed by atoms with Crippen LogP contribution >= 0.6 is 0 Å². The summed E-state index contributed by atoms with van der Waals surface area (Å²) in [5.74, 6) is 1.00. The highest BCUT2D eigenvalue weighted by Crippen LogP contribution is 2.48. The highest BCUT2D eigenvalue weighted by molar-refractivity contribution is 6.08. The summed E-state index contributed by atoms with van der Waals surface area (Å²) in [5.41, 5.74) is 9.50. The molecule has 0 N–H and O–H groups in total. The van der Waals surface area contributed by atoms with E-state index < -0.39 is 0 Å². The van der Waals surface area contributed by atoms with Gasteiger partial charge in [-0.2, -0.15) is 5.10 Å². The first-order chi connectivity index (χ1) is 17.5. The van der Waals surface area contributed by atoms with E-state index in [1.54, 1.807) is 0 Å². The maximum absolute atomic E-state index is 5.36. The number of rotatable bonds is 3. The van der Waals surface area contributed by atoms with Crippen LogP contribution < -0.4 is 5.01 Å². The molecular weight excluding hydrogens is 448 g/mol. The van der Waals surface area contributed by atoms with Gasteiger partial charge in [0, 0.05) is 5.92 Å². The van der Waals surface area contributed by atoms with E-state index in [1.807, 2.05) is 0 Å². The summed E-state index contributed by atoms with van der Waals surface area (Å²) >= 11 is 0. The van der Waals surface area contributed by atoms with Crippen molar-refractivity contribution in [1.29, 1.82) is 0 Å². The Hall–Kier alpha value is -3.13. The summed E-state index contributed by atoms with van der Waals surface area (Å²) < 4.78 is 0. The quantitative estimate of drug-likeness (QED) is 0.357. The molecule has 1 aliphatic heterocycles. The number of anilines is 1. The van der Waals surface area contributed by atoms with Crippen molar-refractivity contribution in [3.05, 3.63) is 107 Å². The van der Waals surface area contributed by atoms with Gasteiger partial charge in [-0.1, -0.05) is 115 Å². The molecule has 0 aromatic heterocycles. The van der Waals surface area contributed by atoms with Gasteiger partial charge in [0.15, 0.2) is 0 Å². The SMILES string of the molecule is CC1C/C(=C/c2ccc(C(C)(C)C)cc2)C2=NN(c3ccccc3)C(c3ccc(C(C)(C)C)cc3)C2C1. The maximum atomic E-state index is 5.36. The Balaban J connectivity index is 1.55. The molecule has 2 aliphatic rings. The third-order valence-electron chi connectivity index (χ3n) is 8.02. The molecule has 3 atom stereocenters. The summed E-state index contributed by atoms with van der Waals surface area (Å²) in [7, 11) is 0. The van der Waals surface area contributed by atoms with Gasteiger partial charge in [0.25, 0.3) is 0 Å². The number of para-hydroxylation sites is 1. The van der Waals surface area contributed by atoms with Gasteiger partial charge < -0.3 is 0 Å². The van der Waals surface area contributed by atoms with E-state index in [0.717, 1.165) is 18.5 Å². The number of hydrazone groups is 1. The van der Waals surface area contributed by atoms with Gasteiger partial charge in [-0.25, -0.2) is 0 Å². The first-order valence-corrected chi connectivity index (χ1v) is 13.9. The Labute approximate surface area is 224 Å². The van der Waals surface area contributed by atoms with Crippen LogP contribution in [0, 0.1) is 11.8 Å². The largest absolute Gasteiger partial charge is 0.257 e. The number of benzene rings is 3. The molecule has 1 fully saturated rings. The second kappa shape index (κ2) is 9.63. The molecule has 2 nitrogen and oxygen atoms in total. The molecule has 0 spiro atoms. The number of hydrogen-bond acceptors (Lipinski definition) is 2. The van der Waals surface area contributed by atoms with Gasteiger partial charge in [0.05, 0.1) is 17.4 Å². The maximum Gasteiger partial charge on any atom is 0.0860 e. The minimum Gasteiger partial charge on any atom is -0.257 e. The Kier molecular flexibility index (Phi) is 6.64. The zero-order valence-corrected chi connectivity index (χ0v) is 23.6. The van der Waals surface area contributed by atoms with E-state index in [9.17, 15) is 0 Å². The molecule has 3 aromatic rings. The van der Waals surface area contributed by atoms with E-state index in [-0.39, 0.29) is 16.9 Å². The van der Waals surface area contributed by atoms with Crippen LogP contribution in [-0.2, 0) is 10.8 Å². The standard InChI is InChI=1S/C35H42N2/c1-24-21-27(23-25-13-17-28(18-14-25)34(2,3)4)32-31(22-24)33(37(36-32)30-11-9-8-10-12-30)26-15-19-29(20-16-26)35(5,6)7/h8-20,23-24,31,33H,21-22H2,1-7H3/b27-23-. The molecule has 2 heteroatoms. The highest BCUT2D eigenvalue weighted by atomic mass is 15.5. The lowest BCUT2D eigenvalue weighted by Crippen LogP contribution is -2.30. The van der Waals surface area contributed by atoms with E-state index in [0.29, 0.717) is 11.8 Å². The van der Waals surface area contributed by atoms with E-state index >= 15 is 0 Å². The summed E-state index contributed by atoms with van der Waals surface area (Å²) in [6, 6.07) is 29.3. The molecule has 1 aliphatic carbocycles. The predicted molar refractivity (Wildman–Crippen MR) is 159 cm³/mol. The Morgan fingerprint density at radius 3 is 1.89 bits per heavy atom. The topological polar surface area (TPSA) is 15.6 Å². The van der Waals surface area contributed by atoms with Crippen LogP contribution in [0.4, 0.5) is 5.69 Å². The monoisotopic (exact) mass is 490 g/mol. The average molecular weight is 491 g/mol. The number of fused-ring (bicyclic) bond motifs is 1. The zero-order chi connectivity index (χ0) is 26.4. The molecule has 192 valence electrons. The minimum atomic E-state index is 0.146. The lowest BCUT2D eigenvalue weighted by Gasteiger charge is -2.33.